The highest BCUT2D eigenvalue weighted by atomic mass is 19.4. The monoisotopic (exact) mass is 564 g/mol. The van der Waals surface area contributed by atoms with Crippen molar-refractivity contribution in [3.8, 4) is 11.1 Å². The van der Waals surface area contributed by atoms with Crippen LogP contribution in [0.1, 0.15) is 52.9 Å². The quantitative estimate of drug-likeness (QED) is 0.447. The van der Waals surface area contributed by atoms with E-state index in [0.717, 1.165) is 56.7 Å². The van der Waals surface area contributed by atoms with Gasteiger partial charge in [-0.3, -0.25) is 9.59 Å². The molecule has 1 spiro atoms. The van der Waals surface area contributed by atoms with Crippen LogP contribution in [0.15, 0.2) is 54.7 Å². The summed E-state index contributed by atoms with van der Waals surface area (Å²) in [5.41, 5.74) is 7.99. The van der Waals surface area contributed by atoms with Gasteiger partial charge in [0.05, 0.1) is 23.4 Å². The minimum atomic E-state index is -4.45. The number of halogens is 3. The van der Waals surface area contributed by atoms with Gasteiger partial charge < -0.3 is 20.9 Å². The van der Waals surface area contributed by atoms with E-state index in [1.54, 1.807) is 30.3 Å². The first-order chi connectivity index (χ1) is 19.5. The lowest BCUT2D eigenvalue weighted by molar-refractivity contribution is -0.146. The summed E-state index contributed by atoms with van der Waals surface area (Å²) in [5, 5.41) is 11.2. The van der Waals surface area contributed by atoms with Crippen LogP contribution >= 0.6 is 0 Å². The Bertz CT molecular complexity index is 1470. The summed E-state index contributed by atoms with van der Waals surface area (Å²) in [5.74, 6) is 0.849. The molecule has 3 fully saturated rings. The van der Waals surface area contributed by atoms with Gasteiger partial charge in [0, 0.05) is 44.1 Å². The van der Waals surface area contributed by atoms with Gasteiger partial charge in [0.25, 0.3) is 5.91 Å². The minimum absolute atomic E-state index is 0.112. The lowest BCUT2D eigenvalue weighted by Gasteiger charge is -2.60. The molecular weight excluding hydrogens is 533 g/mol. The van der Waals surface area contributed by atoms with Crippen molar-refractivity contribution in [2.75, 3.05) is 31.1 Å². The van der Waals surface area contributed by atoms with E-state index in [2.05, 4.69) is 20.4 Å². The Morgan fingerprint density at radius 3 is 2.41 bits per heavy atom. The molecule has 0 unspecified atom stereocenters. The van der Waals surface area contributed by atoms with E-state index in [1.165, 1.54) is 12.3 Å². The molecule has 2 saturated heterocycles. The average molecular weight is 565 g/mol. The van der Waals surface area contributed by atoms with E-state index in [1.807, 2.05) is 11.8 Å². The molecule has 6 rings (SSSR count). The average Bonchev–Trinajstić information content (AvgIpc) is 3.76. The maximum Gasteiger partial charge on any atom is 0.416 e. The maximum atomic E-state index is 13.3. The van der Waals surface area contributed by atoms with Gasteiger partial charge in [-0.2, -0.15) is 18.3 Å². The highest BCUT2D eigenvalue weighted by Crippen LogP contribution is 2.44. The van der Waals surface area contributed by atoms with Crippen molar-refractivity contribution in [1.82, 2.24) is 20.4 Å². The summed E-state index contributed by atoms with van der Waals surface area (Å²) in [6, 6.07) is 12.0. The molecule has 1 aromatic heterocycles. The summed E-state index contributed by atoms with van der Waals surface area (Å²) >= 11 is 0. The van der Waals surface area contributed by atoms with Gasteiger partial charge in [0.2, 0.25) is 5.91 Å². The van der Waals surface area contributed by atoms with Crippen LogP contribution in [0.25, 0.3) is 11.1 Å². The van der Waals surface area contributed by atoms with Crippen LogP contribution in [0.5, 0.6) is 0 Å². The number of benzene rings is 2. The van der Waals surface area contributed by atoms with E-state index in [4.69, 9.17) is 5.73 Å². The molecule has 214 valence electrons. The summed E-state index contributed by atoms with van der Waals surface area (Å²) in [4.78, 5) is 29.3. The van der Waals surface area contributed by atoms with Gasteiger partial charge in [-0.25, -0.2) is 0 Å². The Morgan fingerprint density at radius 1 is 1.07 bits per heavy atom. The third-order valence-corrected chi connectivity index (χ3v) is 8.30. The number of aromatic nitrogens is 2. The summed E-state index contributed by atoms with van der Waals surface area (Å²) in [7, 11) is 0. The number of likely N-dealkylation sites (tertiary alicyclic amines) is 1. The summed E-state index contributed by atoms with van der Waals surface area (Å²) in [6.45, 7) is 5.07. The number of carbonyl (C=O) groups is 2. The number of hydrogen-bond acceptors (Lipinski definition) is 6. The van der Waals surface area contributed by atoms with Crippen LogP contribution in [0, 0.1) is 11.3 Å². The Balaban J connectivity index is 1.07. The van der Waals surface area contributed by atoms with Crippen LogP contribution in [0.2, 0.25) is 0 Å². The van der Waals surface area contributed by atoms with Crippen molar-refractivity contribution in [3.63, 3.8) is 0 Å². The van der Waals surface area contributed by atoms with E-state index in [-0.39, 0.29) is 35.7 Å². The zero-order chi connectivity index (χ0) is 28.9. The van der Waals surface area contributed by atoms with E-state index >= 15 is 0 Å². The number of alkyl halides is 3. The Kier molecular flexibility index (Phi) is 6.72. The number of anilines is 1. The van der Waals surface area contributed by atoms with Gasteiger partial charge in [0.15, 0.2) is 5.82 Å². The molecule has 3 aliphatic rings. The first kappa shape index (κ1) is 27.2. The molecule has 3 N–H and O–H groups in total. The van der Waals surface area contributed by atoms with Gasteiger partial charge in [-0.1, -0.05) is 30.3 Å². The second-order valence-electron chi connectivity index (χ2n) is 11.5. The van der Waals surface area contributed by atoms with E-state index < -0.39 is 11.7 Å². The standard InChI is InChI=1S/C30H31F3N6O2/c1-18(19-2-4-20(5-3-19)25-11-24(30(31,32)33)9-8-22(25)12-34)36-27(40)23-10-26(37-35-13-23)38-14-29(15-38)16-39(17-29)28(41)21-6-7-21/h2-5,8-11,13,18,21H,6-7,12,14-17,34H2,1H3,(H,36,40)/t18-/m1/s1. The molecule has 2 aromatic carbocycles. The molecule has 41 heavy (non-hydrogen) atoms. The van der Waals surface area contributed by atoms with Crippen LogP contribution in [0.4, 0.5) is 19.0 Å². The Labute approximate surface area is 235 Å². The molecule has 0 radical (unpaired) electrons. The molecule has 8 nitrogen and oxygen atoms in total. The van der Waals surface area contributed by atoms with Crippen LogP contribution in [0.3, 0.4) is 0 Å². The van der Waals surface area contributed by atoms with Gasteiger partial charge in [-0.15, -0.1) is 5.10 Å². The highest BCUT2D eigenvalue weighted by Gasteiger charge is 2.55. The molecular formula is C30H31F3N6O2. The normalized spacial score (nSPS) is 18.5. The summed E-state index contributed by atoms with van der Waals surface area (Å²) in [6.07, 6.45) is -1.00. The predicted octanol–water partition coefficient (Wildman–Crippen LogP) is 4.17. The van der Waals surface area contributed by atoms with Crippen molar-refractivity contribution in [1.29, 1.82) is 0 Å². The number of nitrogens with one attached hydrogen (secondary N) is 1. The van der Waals surface area contributed by atoms with Crippen molar-refractivity contribution in [2.24, 2.45) is 17.1 Å². The van der Waals surface area contributed by atoms with Crippen molar-refractivity contribution in [2.45, 2.75) is 38.5 Å². The molecule has 3 aromatic rings. The molecule has 1 saturated carbocycles. The first-order valence-electron chi connectivity index (χ1n) is 13.7. The van der Waals surface area contributed by atoms with Gasteiger partial charge in [-0.05, 0) is 60.2 Å². The molecule has 11 heteroatoms. The number of rotatable bonds is 7. The predicted molar refractivity (Wildman–Crippen MR) is 147 cm³/mol. The fourth-order valence-corrected chi connectivity index (χ4v) is 5.78. The van der Waals surface area contributed by atoms with E-state index in [9.17, 15) is 22.8 Å². The van der Waals surface area contributed by atoms with Crippen molar-refractivity contribution >= 4 is 17.6 Å². The second kappa shape index (κ2) is 10.1. The minimum Gasteiger partial charge on any atom is -0.354 e. The molecule has 2 aliphatic heterocycles. The van der Waals surface area contributed by atoms with Crippen molar-refractivity contribution in [3.05, 3.63) is 77.0 Å². The Hall–Kier alpha value is -3.99. The lowest BCUT2D eigenvalue weighted by Crippen LogP contribution is -2.73. The third-order valence-electron chi connectivity index (χ3n) is 8.30. The van der Waals surface area contributed by atoms with Crippen molar-refractivity contribution < 1.29 is 22.8 Å². The molecule has 3 heterocycles. The number of carbonyl (C=O) groups excluding carboxylic acids is 2. The Morgan fingerprint density at radius 2 is 1.78 bits per heavy atom. The smallest absolute Gasteiger partial charge is 0.354 e. The fourth-order valence-electron chi connectivity index (χ4n) is 5.78. The maximum absolute atomic E-state index is 13.3. The molecule has 2 amide bonds. The number of nitrogens with zero attached hydrogens (tertiary/aromatic N) is 4. The van der Waals surface area contributed by atoms with Crippen LogP contribution in [-0.4, -0.2) is 53.1 Å². The zero-order valence-electron chi connectivity index (χ0n) is 22.6. The fraction of sp³-hybridized carbons (Fsp3) is 0.400. The SMILES string of the molecule is C[C@@H](NC(=O)c1cnnc(N2CC3(CN(C(=O)C4CC4)C3)C2)c1)c1ccc(-c2cc(C(F)(F)F)ccc2CN)cc1. The largest absolute Gasteiger partial charge is 0.416 e. The molecule has 1 aliphatic carbocycles. The second-order valence-corrected chi connectivity index (χ2v) is 11.5. The molecule has 1 atom stereocenters. The van der Waals surface area contributed by atoms with Crippen LogP contribution in [-0.2, 0) is 17.5 Å². The summed E-state index contributed by atoms with van der Waals surface area (Å²) < 4.78 is 39.8. The number of amides is 2. The number of nitrogens with two attached hydrogens (primary N) is 1. The topological polar surface area (TPSA) is 104 Å². The third kappa shape index (κ3) is 5.38. The lowest BCUT2D eigenvalue weighted by atomic mass is 9.72. The molecule has 0 bridgehead atoms. The van der Waals surface area contributed by atoms with E-state index in [0.29, 0.717) is 28.1 Å². The zero-order valence-corrected chi connectivity index (χ0v) is 22.6. The van der Waals surface area contributed by atoms with Gasteiger partial charge in [0.1, 0.15) is 0 Å². The van der Waals surface area contributed by atoms with Gasteiger partial charge >= 0.3 is 6.18 Å². The first-order valence-corrected chi connectivity index (χ1v) is 13.7. The number of hydrogen-bond donors (Lipinski definition) is 2. The van der Waals surface area contributed by atoms with Crippen LogP contribution < -0.4 is 16.0 Å². The highest BCUT2D eigenvalue weighted by molar-refractivity contribution is 5.94.